The molecule has 0 radical (unpaired) electrons. The van der Waals surface area contributed by atoms with Crippen LogP contribution in [0.15, 0.2) is 54.6 Å². The third-order valence-corrected chi connectivity index (χ3v) is 9.22. The molecule has 2 aliphatic rings. The van der Waals surface area contributed by atoms with Crippen LogP contribution >= 0.6 is 11.6 Å². The fraction of sp³-hybridized carbons (Fsp3) is 0.529. The van der Waals surface area contributed by atoms with Crippen molar-refractivity contribution in [2.75, 3.05) is 6.54 Å². The molecule has 2 unspecified atom stereocenters. The summed E-state index contributed by atoms with van der Waals surface area (Å²) >= 11 is 6.30. The van der Waals surface area contributed by atoms with Crippen LogP contribution in [0, 0.1) is 17.8 Å². The van der Waals surface area contributed by atoms with Crippen molar-refractivity contribution >= 4 is 35.5 Å². The summed E-state index contributed by atoms with van der Waals surface area (Å²) in [6, 6.07) is 15.9. The van der Waals surface area contributed by atoms with E-state index in [1.807, 2.05) is 69.3 Å². The van der Waals surface area contributed by atoms with Crippen LogP contribution in [0.4, 0.5) is 4.79 Å². The average molecular weight is 626 g/mol. The van der Waals surface area contributed by atoms with Crippen molar-refractivity contribution in [1.82, 2.24) is 16.1 Å². The minimum Gasteiger partial charge on any atom is -0.440 e. The Morgan fingerprint density at radius 1 is 1.02 bits per heavy atom. The van der Waals surface area contributed by atoms with Gasteiger partial charge in [-0.05, 0) is 47.9 Å². The molecule has 1 saturated carbocycles. The number of halogens is 1. The number of carbonyl (C=O) groups excluding carboxylic acids is 4. The van der Waals surface area contributed by atoms with E-state index in [0.29, 0.717) is 24.4 Å². The Labute approximate surface area is 264 Å². The standard InChI is InChI=1S/C34H44ClN3O6/c1-22(27-17-18-36-31(27)40)19-29(39)44-38-32(41)28(20-23-11-6-4-7-12-23)37-33(42)43-30(24-13-8-5-9-14-24)34(2,3)25-15-10-16-26(35)21-25/h5,8-10,13-16,21-23,27-28,30H,4,6-7,11-12,17-20H2,1-3H3,(H,36,40)(H,37,42)(H,38,41)/t22?,27-,28-,30?/m0/s1. The van der Waals surface area contributed by atoms with Crippen molar-refractivity contribution < 1.29 is 28.8 Å². The van der Waals surface area contributed by atoms with Gasteiger partial charge in [0.25, 0.3) is 5.91 Å². The topological polar surface area (TPSA) is 123 Å². The molecule has 2 aromatic carbocycles. The summed E-state index contributed by atoms with van der Waals surface area (Å²) in [5.41, 5.74) is 3.26. The van der Waals surface area contributed by atoms with E-state index in [9.17, 15) is 19.2 Å². The summed E-state index contributed by atoms with van der Waals surface area (Å²) in [6.07, 6.45) is 4.77. The Kier molecular flexibility index (Phi) is 11.7. The molecule has 2 fully saturated rings. The summed E-state index contributed by atoms with van der Waals surface area (Å²) in [6.45, 7) is 6.36. The maximum absolute atomic E-state index is 13.5. The van der Waals surface area contributed by atoms with Gasteiger partial charge < -0.3 is 20.2 Å². The Bertz CT molecular complexity index is 1300. The fourth-order valence-electron chi connectivity index (χ4n) is 6.35. The maximum Gasteiger partial charge on any atom is 0.408 e. The number of hydrogen-bond donors (Lipinski definition) is 3. The predicted molar refractivity (Wildman–Crippen MR) is 167 cm³/mol. The molecule has 10 heteroatoms. The first-order valence-corrected chi connectivity index (χ1v) is 16.0. The van der Waals surface area contributed by atoms with Gasteiger partial charge >= 0.3 is 12.1 Å². The van der Waals surface area contributed by atoms with Crippen LogP contribution in [0.25, 0.3) is 0 Å². The van der Waals surface area contributed by atoms with Crippen LogP contribution in [0.3, 0.4) is 0 Å². The van der Waals surface area contributed by atoms with E-state index >= 15 is 0 Å². The van der Waals surface area contributed by atoms with Gasteiger partial charge in [0.1, 0.15) is 12.1 Å². The molecular weight excluding hydrogens is 582 g/mol. The number of hydroxylamine groups is 1. The average Bonchev–Trinajstić information content (AvgIpc) is 3.45. The molecule has 1 saturated heterocycles. The Balaban J connectivity index is 1.45. The monoisotopic (exact) mass is 625 g/mol. The molecule has 238 valence electrons. The largest absolute Gasteiger partial charge is 0.440 e. The van der Waals surface area contributed by atoms with Crippen LogP contribution in [-0.2, 0) is 29.4 Å². The van der Waals surface area contributed by atoms with E-state index in [0.717, 1.165) is 43.2 Å². The second-order valence-electron chi connectivity index (χ2n) is 12.7. The van der Waals surface area contributed by atoms with Gasteiger partial charge in [0.2, 0.25) is 5.91 Å². The molecule has 4 atom stereocenters. The van der Waals surface area contributed by atoms with Gasteiger partial charge in [-0.15, -0.1) is 0 Å². The summed E-state index contributed by atoms with van der Waals surface area (Å²) in [4.78, 5) is 56.5. The first kappa shape index (κ1) is 33.3. The van der Waals surface area contributed by atoms with Gasteiger partial charge in [-0.25, -0.2) is 9.59 Å². The zero-order valence-electron chi connectivity index (χ0n) is 25.8. The molecule has 1 aliphatic carbocycles. The number of ether oxygens (including phenoxy) is 1. The number of rotatable bonds is 11. The second-order valence-corrected chi connectivity index (χ2v) is 13.1. The van der Waals surface area contributed by atoms with Crippen LogP contribution in [0.5, 0.6) is 0 Å². The van der Waals surface area contributed by atoms with E-state index in [4.69, 9.17) is 21.2 Å². The van der Waals surface area contributed by atoms with Crippen molar-refractivity contribution in [2.24, 2.45) is 17.8 Å². The molecule has 3 N–H and O–H groups in total. The number of nitrogens with one attached hydrogen (secondary N) is 3. The number of hydrogen-bond acceptors (Lipinski definition) is 6. The summed E-state index contributed by atoms with van der Waals surface area (Å²) in [5.74, 6) is -1.59. The number of alkyl carbamates (subject to hydrolysis) is 1. The zero-order valence-corrected chi connectivity index (χ0v) is 26.5. The van der Waals surface area contributed by atoms with E-state index < -0.39 is 35.5 Å². The first-order valence-electron chi connectivity index (χ1n) is 15.6. The van der Waals surface area contributed by atoms with Crippen LogP contribution < -0.4 is 16.1 Å². The lowest BCUT2D eigenvalue weighted by Crippen LogP contribution is -2.49. The Morgan fingerprint density at radius 2 is 1.75 bits per heavy atom. The highest BCUT2D eigenvalue weighted by molar-refractivity contribution is 6.30. The number of amides is 3. The normalized spacial score (nSPS) is 19.3. The number of benzene rings is 2. The molecule has 3 amide bonds. The molecular formula is C34H44ClN3O6. The smallest absolute Gasteiger partial charge is 0.408 e. The molecule has 9 nitrogen and oxygen atoms in total. The third-order valence-electron chi connectivity index (χ3n) is 8.99. The van der Waals surface area contributed by atoms with Crippen molar-refractivity contribution in [3.63, 3.8) is 0 Å². The van der Waals surface area contributed by atoms with E-state index in [1.165, 1.54) is 0 Å². The van der Waals surface area contributed by atoms with Crippen molar-refractivity contribution in [3.8, 4) is 0 Å². The molecule has 0 spiro atoms. The first-order chi connectivity index (χ1) is 21.0. The summed E-state index contributed by atoms with van der Waals surface area (Å²) < 4.78 is 6.09. The van der Waals surface area contributed by atoms with Gasteiger partial charge in [0.05, 0.1) is 6.42 Å². The Morgan fingerprint density at radius 3 is 2.41 bits per heavy atom. The highest BCUT2D eigenvalue weighted by atomic mass is 35.5. The van der Waals surface area contributed by atoms with Crippen LogP contribution in [0.2, 0.25) is 5.02 Å². The van der Waals surface area contributed by atoms with Gasteiger partial charge in [-0.2, -0.15) is 5.48 Å². The minimum absolute atomic E-state index is 0.0154. The van der Waals surface area contributed by atoms with E-state index in [-0.39, 0.29) is 30.1 Å². The van der Waals surface area contributed by atoms with Crippen LogP contribution in [-0.4, -0.2) is 36.5 Å². The highest BCUT2D eigenvalue weighted by Gasteiger charge is 2.37. The molecule has 0 aromatic heterocycles. The SMILES string of the molecule is CC(CC(=O)ONC(=O)[C@H](CC1CCCCC1)NC(=O)OC(c1ccccc1)C(C)(C)c1cccc(Cl)c1)[C@@H]1CCNC1=O. The summed E-state index contributed by atoms with van der Waals surface area (Å²) in [5, 5.41) is 6.12. The van der Waals surface area contributed by atoms with E-state index in [1.54, 1.807) is 6.07 Å². The van der Waals surface area contributed by atoms with Gasteiger partial charge in [-0.1, -0.05) is 107 Å². The molecule has 1 heterocycles. The molecule has 44 heavy (non-hydrogen) atoms. The maximum atomic E-state index is 13.5. The highest BCUT2D eigenvalue weighted by Crippen LogP contribution is 2.40. The lowest BCUT2D eigenvalue weighted by molar-refractivity contribution is -0.160. The van der Waals surface area contributed by atoms with Crippen molar-refractivity contribution in [2.45, 2.75) is 89.7 Å². The van der Waals surface area contributed by atoms with Gasteiger partial charge in [-0.3, -0.25) is 9.59 Å². The molecule has 4 rings (SSSR count). The van der Waals surface area contributed by atoms with E-state index in [2.05, 4.69) is 16.1 Å². The predicted octanol–water partition coefficient (Wildman–Crippen LogP) is 6.16. The lowest BCUT2D eigenvalue weighted by atomic mass is 9.76. The zero-order chi connectivity index (χ0) is 31.7. The quantitative estimate of drug-likeness (QED) is 0.257. The van der Waals surface area contributed by atoms with Crippen molar-refractivity contribution in [3.05, 3.63) is 70.7 Å². The fourth-order valence-corrected chi connectivity index (χ4v) is 6.54. The van der Waals surface area contributed by atoms with Gasteiger partial charge in [0, 0.05) is 22.9 Å². The molecule has 1 aliphatic heterocycles. The third kappa shape index (κ3) is 8.97. The van der Waals surface area contributed by atoms with Gasteiger partial charge in [0.15, 0.2) is 0 Å². The lowest BCUT2D eigenvalue weighted by Gasteiger charge is -2.35. The Hall–Kier alpha value is -3.59. The summed E-state index contributed by atoms with van der Waals surface area (Å²) in [7, 11) is 0. The molecule has 2 aromatic rings. The van der Waals surface area contributed by atoms with Crippen LogP contribution in [0.1, 0.15) is 89.4 Å². The van der Waals surface area contributed by atoms with Crippen molar-refractivity contribution in [1.29, 1.82) is 0 Å². The number of carbonyl (C=O) groups is 4. The molecule has 0 bridgehead atoms. The second kappa shape index (κ2) is 15.4. The minimum atomic E-state index is -0.970.